The molecule has 0 radical (unpaired) electrons. The number of aliphatic carboxylic acids is 1. The topological polar surface area (TPSA) is 180 Å². The maximum absolute atomic E-state index is 13.2. The maximum Gasteiger partial charge on any atom is 0.305 e. The molecule has 1 amide bonds. The van der Waals surface area contributed by atoms with Gasteiger partial charge in [0.25, 0.3) is 20.0 Å². The highest BCUT2D eigenvalue weighted by molar-refractivity contribution is 7.93. The Morgan fingerprint density at radius 3 is 1.45 bits per heavy atom. The number of carbonyl (C=O) groups excluding carboxylic acids is 1. The second-order valence-electron chi connectivity index (χ2n) is 10.7. The van der Waals surface area contributed by atoms with E-state index in [1.165, 1.54) is 38.5 Å². The molecule has 0 bridgehead atoms. The number of carboxylic acids is 1. The molecular weight excluding hydrogens is 721 g/mol. The number of fused-ring (bicyclic) bond motifs is 2. The quantitative estimate of drug-likeness (QED) is 0.152. The van der Waals surface area contributed by atoms with Gasteiger partial charge < -0.3 is 14.6 Å². The number of carbonyl (C=O) groups is 2. The Labute approximate surface area is 292 Å². The van der Waals surface area contributed by atoms with E-state index in [-0.39, 0.29) is 44.2 Å². The van der Waals surface area contributed by atoms with E-state index >= 15 is 0 Å². The van der Waals surface area contributed by atoms with Crippen molar-refractivity contribution >= 4 is 66.5 Å². The number of ether oxygens (including phenoxy) is 2. The third-order valence-electron chi connectivity index (χ3n) is 7.75. The number of hydrogen-bond donors (Lipinski definition) is 3. The summed E-state index contributed by atoms with van der Waals surface area (Å²) in [5.74, 6) is -1.61. The van der Waals surface area contributed by atoms with Gasteiger partial charge in [0.05, 0.1) is 50.5 Å². The van der Waals surface area contributed by atoms with Crippen LogP contribution in [0.1, 0.15) is 36.1 Å². The van der Waals surface area contributed by atoms with Gasteiger partial charge in [0, 0.05) is 33.3 Å². The van der Waals surface area contributed by atoms with Gasteiger partial charge in [-0.15, -0.1) is 0 Å². The molecule has 0 aromatic heterocycles. The van der Waals surface area contributed by atoms with E-state index in [4.69, 9.17) is 37.9 Å². The first-order valence-corrected chi connectivity index (χ1v) is 18.0. The summed E-state index contributed by atoms with van der Waals surface area (Å²) in [4.78, 5) is 23.0. The Morgan fingerprint density at radius 2 is 1.10 bits per heavy atom. The number of para-hydroxylation sites is 2. The summed E-state index contributed by atoms with van der Waals surface area (Å²) in [5.41, 5.74) is 2.99. The van der Waals surface area contributed by atoms with E-state index in [1.807, 2.05) is 0 Å². The summed E-state index contributed by atoms with van der Waals surface area (Å²) < 4.78 is 65.1. The molecule has 2 unspecified atom stereocenters. The monoisotopic (exact) mass is 749 g/mol. The van der Waals surface area contributed by atoms with Crippen LogP contribution in [0.2, 0.25) is 10.0 Å². The van der Waals surface area contributed by atoms with E-state index in [1.54, 1.807) is 66.1 Å². The Bertz CT molecular complexity index is 2120. The lowest BCUT2D eigenvalue weighted by molar-refractivity contribution is -0.137. The lowest BCUT2D eigenvalue weighted by Crippen LogP contribution is -2.32. The van der Waals surface area contributed by atoms with Crippen LogP contribution in [0, 0.1) is 0 Å². The second-order valence-corrected chi connectivity index (χ2v) is 15.1. The predicted octanol–water partition coefficient (Wildman–Crippen LogP) is 5.57. The minimum Gasteiger partial charge on any atom is -0.495 e. The molecule has 49 heavy (non-hydrogen) atoms. The van der Waals surface area contributed by atoms with E-state index in [9.17, 15) is 31.5 Å². The molecule has 2 heterocycles. The second kappa shape index (κ2) is 14.1. The molecule has 6 rings (SSSR count). The van der Waals surface area contributed by atoms with Crippen molar-refractivity contribution in [1.29, 1.82) is 0 Å². The van der Waals surface area contributed by atoms with Crippen LogP contribution >= 0.6 is 23.2 Å². The van der Waals surface area contributed by atoms with Crippen molar-refractivity contribution in [2.24, 2.45) is 0 Å². The zero-order valence-electron chi connectivity index (χ0n) is 25.8. The van der Waals surface area contributed by atoms with Crippen molar-refractivity contribution in [3.05, 3.63) is 106 Å². The molecule has 17 heteroatoms. The summed E-state index contributed by atoms with van der Waals surface area (Å²) in [5, 5.41) is 18.7. The van der Waals surface area contributed by atoms with Crippen LogP contribution < -0.4 is 23.6 Å². The van der Waals surface area contributed by atoms with E-state index in [2.05, 4.69) is 0 Å². The number of halogens is 2. The molecule has 0 aliphatic carbocycles. The van der Waals surface area contributed by atoms with Crippen LogP contribution in [0.25, 0.3) is 0 Å². The van der Waals surface area contributed by atoms with Crippen molar-refractivity contribution in [2.45, 2.75) is 34.7 Å². The third kappa shape index (κ3) is 6.72. The Kier molecular flexibility index (Phi) is 10.3. The number of hydrogen-bond acceptors (Lipinski definition) is 9. The molecule has 0 saturated heterocycles. The smallest absolute Gasteiger partial charge is 0.305 e. The van der Waals surface area contributed by atoms with Crippen molar-refractivity contribution < 1.29 is 46.2 Å². The highest BCUT2D eigenvalue weighted by atomic mass is 35.5. The van der Waals surface area contributed by atoms with E-state index in [0.717, 1.165) is 8.61 Å². The van der Waals surface area contributed by atoms with Crippen LogP contribution in [0.5, 0.6) is 11.5 Å². The Morgan fingerprint density at radius 1 is 0.714 bits per heavy atom. The number of amides is 1. The lowest BCUT2D eigenvalue weighted by atomic mass is 10.0. The normalized spacial score (nSPS) is 18.1. The van der Waals surface area contributed by atoms with Gasteiger partial charge in [-0.2, -0.15) is 0 Å². The van der Waals surface area contributed by atoms with E-state index in [0.29, 0.717) is 22.5 Å². The SMILES string of the molecule is COc1cc(Cl)cc2c1S(=O)(=O)N(c1ccccc1)C2CC(=O)NO.COc1cc(Cl)cc2c1S(=O)(=O)N(c1ccccc1)C2CC(=O)O. The third-order valence-corrected chi connectivity index (χ3v) is 12.1. The van der Waals surface area contributed by atoms with Crippen LogP contribution in [0.3, 0.4) is 0 Å². The number of hydroxylamine groups is 1. The number of sulfonamides is 2. The molecule has 2 atom stereocenters. The summed E-state index contributed by atoms with van der Waals surface area (Å²) in [6.07, 6.45) is -0.661. The van der Waals surface area contributed by atoms with Crippen molar-refractivity contribution in [3.63, 3.8) is 0 Å². The molecule has 3 N–H and O–H groups in total. The van der Waals surface area contributed by atoms with Gasteiger partial charge in [-0.1, -0.05) is 59.6 Å². The van der Waals surface area contributed by atoms with Gasteiger partial charge in [0.2, 0.25) is 5.91 Å². The average Bonchev–Trinajstić information content (AvgIpc) is 3.42. The largest absolute Gasteiger partial charge is 0.495 e. The fourth-order valence-electron chi connectivity index (χ4n) is 5.87. The zero-order chi connectivity index (χ0) is 35.7. The summed E-state index contributed by atoms with van der Waals surface area (Å²) in [6, 6.07) is 20.8. The van der Waals surface area contributed by atoms with Gasteiger partial charge in [-0.25, -0.2) is 22.3 Å². The molecule has 0 spiro atoms. The molecule has 4 aromatic carbocycles. The Balaban J connectivity index is 0.000000191. The molecule has 0 fully saturated rings. The van der Waals surface area contributed by atoms with Crippen molar-refractivity contribution in [2.75, 3.05) is 22.8 Å². The average molecular weight is 751 g/mol. The number of rotatable bonds is 8. The first kappa shape index (κ1) is 35.8. The van der Waals surface area contributed by atoms with Gasteiger partial charge in [-0.3, -0.25) is 23.4 Å². The first-order chi connectivity index (χ1) is 23.3. The summed E-state index contributed by atoms with van der Waals surface area (Å²) in [7, 11) is -5.25. The fraction of sp³-hybridized carbons (Fsp3) is 0.188. The molecule has 258 valence electrons. The molecule has 2 aliphatic heterocycles. The predicted molar refractivity (Wildman–Crippen MR) is 181 cm³/mol. The van der Waals surface area contributed by atoms with Crippen LogP contribution in [-0.2, 0) is 29.6 Å². The van der Waals surface area contributed by atoms with Crippen LogP contribution in [0.4, 0.5) is 11.4 Å². The molecule has 0 saturated carbocycles. The lowest BCUT2D eigenvalue weighted by Gasteiger charge is -2.25. The van der Waals surface area contributed by atoms with Gasteiger partial charge >= 0.3 is 5.97 Å². The minimum absolute atomic E-state index is 0.0287. The van der Waals surface area contributed by atoms with Crippen molar-refractivity contribution in [1.82, 2.24) is 5.48 Å². The Hall–Kier alpha value is -4.54. The minimum atomic E-state index is -3.97. The van der Waals surface area contributed by atoms with Gasteiger partial charge in [0.1, 0.15) is 21.3 Å². The molecule has 2 aliphatic rings. The number of methoxy groups -OCH3 is 2. The molecule has 4 aromatic rings. The summed E-state index contributed by atoms with van der Waals surface area (Å²) in [6.45, 7) is 0. The molecule has 13 nitrogen and oxygen atoms in total. The van der Waals surface area contributed by atoms with Gasteiger partial charge in [-0.05, 0) is 36.4 Å². The first-order valence-electron chi connectivity index (χ1n) is 14.3. The highest BCUT2D eigenvalue weighted by Gasteiger charge is 2.47. The zero-order valence-corrected chi connectivity index (χ0v) is 28.9. The standard InChI is InChI=1S/C16H15ClN2O5S.C16H14ClNO5S/c1-24-14-8-10(17)7-12-13(9-15(20)18-21)19(25(22,23)16(12)14)11-5-3-2-4-6-11;1-23-14-8-10(17)7-12-13(9-15(19)20)18(24(21,22)16(12)14)11-5-3-2-4-6-11/h2-8,13,21H,9H2,1H3,(H,18,20);2-8,13H,9H2,1H3,(H,19,20). The number of nitrogens with one attached hydrogen (secondary N) is 1. The van der Waals surface area contributed by atoms with Crippen LogP contribution in [0.15, 0.2) is 94.7 Å². The number of nitrogens with zero attached hydrogens (tertiary/aromatic N) is 2. The number of benzene rings is 4. The van der Waals surface area contributed by atoms with Crippen LogP contribution in [-0.4, -0.2) is 53.2 Å². The summed E-state index contributed by atoms with van der Waals surface area (Å²) >= 11 is 12.1. The highest BCUT2D eigenvalue weighted by Crippen LogP contribution is 2.50. The maximum atomic E-state index is 13.2. The van der Waals surface area contributed by atoms with E-state index < -0.39 is 44.0 Å². The van der Waals surface area contributed by atoms with Crippen molar-refractivity contribution in [3.8, 4) is 11.5 Å². The van der Waals surface area contributed by atoms with Gasteiger partial charge in [0.15, 0.2) is 0 Å². The molecular formula is C32H29Cl2N3O10S2. The fourth-order valence-corrected chi connectivity index (χ4v) is 10.3. The number of carboxylic acid groups (broad SMARTS) is 1. The number of anilines is 2.